The Labute approximate surface area is 132 Å². The summed E-state index contributed by atoms with van der Waals surface area (Å²) in [6.45, 7) is 1.88. The van der Waals surface area contributed by atoms with E-state index in [9.17, 15) is 5.11 Å². The molecule has 0 aliphatic rings. The fourth-order valence-electron chi connectivity index (χ4n) is 1.93. The number of aliphatic hydroxyl groups excluding tert-OH is 1. The molecular weight excluding hydrogens is 319 g/mol. The molecule has 1 unspecified atom stereocenters. The Bertz CT molecular complexity index is 641. The number of ether oxygens (including phenoxy) is 1. The Balaban J connectivity index is 2.45. The smallest absolute Gasteiger partial charge is 0.138 e. The van der Waals surface area contributed by atoms with E-state index < -0.39 is 6.10 Å². The second kappa shape index (κ2) is 6.23. The lowest BCUT2D eigenvalue weighted by molar-refractivity contribution is 0.220. The van der Waals surface area contributed by atoms with Gasteiger partial charge in [-0.2, -0.15) is 0 Å². The molecule has 0 fully saturated rings. The molecule has 0 heterocycles. The molecule has 2 aromatic carbocycles. The molecule has 0 saturated carbocycles. The highest BCUT2D eigenvalue weighted by Gasteiger charge is 2.17. The van der Waals surface area contributed by atoms with Crippen LogP contribution in [0.5, 0.6) is 5.75 Å². The molecule has 2 aromatic rings. The molecule has 106 valence electrons. The molecule has 0 saturated heterocycles. The Hall–Kier alpha value is -0.930. The third-order valence-corrected chi connectivity index (χ3v) is 4.11. The summed E-state index contributed by atoms with van der Waals surface area (Å²) in [6, 6.07) is 8.52. The molecule has 5 heteroatoms. The average Bonchev–Trinajstić information content (AvgIpc) is 2.43. The van der Waals surface area contributed by atoms with E-state index in [1.807, 2.05) is 13.0 Å². The minimum absolute atomic E-state index is 0.395. The number of hydrogen-bond acceptors (Lipinski definition) is 2. The van der Waals surface area contributed by atoms with Gasteiger partial charge in [0.15, 0.2) is 0 Å². The van der Waals surface area contributed by atoms with Crippen molar-refractivity contribution in [2.45, 2.75) is 13.0 Å². The van der Waals surface area contributed by atoms with Gasteiger partial charge in [-0.05, 0) is 30.2 Å². The van der Waals surface area contributed by atoms with Crippen LogP contribution in [0.2, 0.25) is 15.1 Å². The molecule has 1 atom stereocenters. The molecule has 0 radical (unpaired) electrons. The summed E-state index contributed by atoms with van der Waals surface area (Å²) in [4.78, 5) is 0. The van der Waals surface area contributed by atoms with Crippen molar-refractivity contribution in [1.82, 2.24) is 0 Å². The van der Waals surface area contributed by atoms with Crippen molar-refractivity contribution in [3.63, 3.8) is 0 Å². The van der Waals surface area contributed by atoms with E-state index in [0.29, 0.717) is 31.9 Å². The number of aryl methyl sites for hydroxylation is 1. The van der Waals surface area contributed by atoms with Gasteiger partial charge in [0.2, 0.25) is 0 Å². The van der Waals surface area contributed by atoms with E-state index in [0.717, 1.165) is 5.56 Å². The summed E-state index contributed by atoms with van der Waals surface area (Å²) < 4.78 is 5.09. The minimum Gasteiger partial charge on any atom is -0.495 e. The van der Waals surface area contributed by atoms with Crippen LogP contribution in [0, 0.1) is 6.92 Å². The van der Waals surface area contributed by atoms with Gasteiger partial charge in [-0.3, -0.25) is 0 Å². The van der Waals surface area contributed by atoms with Gasteiger partial charge in [-0.1, -0.05) is 46.9 Å². The normalized spacial score (nSPS) is 12.3. The summed E-state index contributed by atoms with van der Waals surface area (Å²) in [5.41, 5.74) is 2.12. The van der Waals surface area contributed by atoms with E-state index in [1.165, 1.54) is 7.11 Å². The summed E-state index contributed by atoms with van der Waals surface area (Å²) >= 11 is 18.2. The maximum absolute atomic E-state index is 10.4. The van der Waals surface area contributed by atoms with Crippen LogP contribution in [0.1, 0.15) is 22.8 Å². The quantitative estimate of drug-likeness (QED) is 0.853. The molecule has 0 aliphatic carbocycles. The molecule has 2 rings (SSSR count). The van der Waals surface area contributed by atoms with Crippen LogP contribution in [-0.4, -0.2) is 12.2 Å². The molecule has 20 heavy (non-hydrogen) atoms. The van der Waals surface area contributed by atoms with Gasteiger partial charge in [0, 0.05) is 16.7 Å². The van der Waals surface area contributed by atoms with Crippen LogP contribution >= 0.6 is 34.8 Å². The second-order valence-corrected chi connectivity index (χ2v) is 5.64. The molecule has 0 aliphatic heterocycles. The van der Waals surface area contributed by atoms with Crippen LogP contribution in [-0.2, 0) is 0 Å². The molecular formula is C15H13Cl3O2. The monoisotopic (exact) mass is 330 g/mol. The standard InChI is InChI=1S/C15H13Cl3O2/c1-8-5-9(3-4-11(8)16)15(19)10-6-13(18)14(20-2)7-12(10)17/h3-7,15,19H,1-2H3. The molecule has 1 N–H and O–H groups in total. The van der Waals surface area contributed by atoms with Crippen LogP contribution in [0.15, 0.2) is 30.3 Å². The maximum Gasteiger partial charge on any atom is 0.138 e. The SMILES string of the molecule is COc1cc(Cl)c(C(O)c2ccc(Cl)c(C)c2)cc1Cl. The first-order chi connectivity index (χ1) is 9.43. The number of hydrogen-bond donors (Lipinski definition) is 1. The summed E-state index contributed by atoms with van der Waals surface area (Å²) in [6.07, 6.45) is -0.873. The highest BCUT2D eigenvalue weighted by molar-refractivity contribution is 6.34. The maximum atomic E-state index is 10.4. The zero-order valence-electron chi connectivity index (χ0n) is 11.0. The van der Waals surface area contributed by atoms with Crippen molar-refractivity contribution in [3.05, 3.63) is 62.1 Å². The lowest BCUT2D eigenvalue weighted by atomic mass is 10.00. The predicted molar refractivity (Wildman–Crippen MR) is 83.3 cm³/mol. The van der Waals surface area contributed by atoms with Crippen molar-refractivity contribution in [1.29, 1.82) is 0 Å². The number of methoxy groups -OCH3 is 1. The number of aliphatic hydroxyl groups is 1. The van der Waals surface area contributed by atoms with Crippen LogP contribution in [0.25, 0.3) is 0 Å². The Morgan fingerprint density at radius 3 is 2.30 bits per heavy atom. The molecule has 0 bridgehead atoms. The first kappa shape index (κ1) is 15.5. The lowest BCUT2D eigenvalue weighted by Gasteiger charge is -2.16. The Kier molecular flexibility index (Phi) is 4.82. The van der Waals surface area contributed by atoms with Gasteiger partial charge in [0.05, 0.1) is 17.2 Å². The Morgan fingerprint density at radius 2 is 1.70 bits per heavy atom. The van der Waals surface area contributed by atoms with Gasteiger partial charge in [-0.25, -0.2) is 0 Å². The first-order valence-electron chi connectivity index (χ1n) is 5.91. The van der Waals surface area contributed by atoms with Crippen molar-refractivity contribution < 1.29 is 9.84 Å². The van der Waals surface area contributed by atoms with Crippen molar-refractivity contribution in [2.75, 3.05) is 7.11 Å². The summed E-state index contributed by atoms with van der Waals surface area (Å²) in [5, 5.41) is 11.9. The highest BCUT2D eigenvalue weighted by atomic mass is 35.5. The van der Waals surface area contributed by atoms with Gasteiger partial charge >= 0.3 is 0 Å². The minimum atomic E-state index is -0.873. The van der Waals surface area contributed by atoms with Gasteiger partial charge < -0.3 is 9.84 Å². The molecule has 0 spiro atoms. The zero-order chi connectivity index (χ0) is 14.9. The largest absolute Gasteiger partial charge is 0.495 e. The van der Waals surface area contributed by atoms with E-state index in [2.05, 4.69) is 0 Å². The second-order valence-electron chi connectivity index (χ2n) is 4.42. The lowest BCUT2D eigenvalue weighted by Crippen LogP contribution is -2.02. The highest BCUT2D eigenvalue weighted by Crippen LogP contribution is 2.36. The zero-order valence-corrected chi connectivity index (χ0v) is 13.2. The number of benzene rings is 2. The number of halogens is 3. The predicted octanol–water partition coefficient (Wildman–Crippen LogP) is 5.05. The van der Waals surface area contributed by atoms with E-state index in [-0.39, 0.29) is 0 Å². The third-order valence-electron chi connectivity index (χ3n) is 3.06. The summed E-state index contributed by atoms with van der Waals surface area (Å²) in [5.74, 6) is 0.472. The number of rotatable bonds is 3. The van der Waals surface area contributed by atoms with E-state index in [1.54, 1.807) is 24.3 Å². The molecule has 0 aromatic heterocycles. The van der Waals surface area contributed by atoms with Crippen LogP contribution < -0.4 is 4.74 Å². The van der Waals surface area contributed by atoms with Gasteiger partial charge in [0.1, 0.15) is 11.9 Å². The van der Waals surface area contributed by atoms with Crippen molar-refractivity contribution in [2.24, 2.45) is 0 Å². The average molecular weight is 332 g/mol. The topological polar surface area (TPSA) is 29.5 Å². The van der Waals surface area contributed by atoms with Crippen LogP contribution in [0.4, 0.5) is 0 Å². The van der Waals surface area contributed by atoms with E-state index in [4.69, 9.17) is 39.5 Å². The fourth-order valence-corrected chi connectivity index (χ4v) is 2.55. The molecule has 0 amide bonds. The van der Waals surface area contributed by atoms with Crippen LogP contribution in [0.3, 0.4) is 0 Å². The van der Waals surface area contributed by atoms with E-state index >= 15 is 0 Å². The van der Waals surface area contributed by atoms with Gasteiger partial charge in [-0.15, -0.1) is 0 Å². The molecule has 2 nitrogen and oxygen atoms in total. The fraction of sp³-hybridized carbons (Fsp3) is 0.200. The van der Waals surface area contributed by atoms with Crippen molar-refractivity contribution >= 4 is 34.8 Å². The summed E-state index contributed by atoms with van der Waals surface area (Å²) in [7, 11) is 1.51. The first-order valence-corrected chi connectivity index (χ1v) is 7.04. The Morgan fingerprint density at radius 1 is 1.00 bits per heavy atom. The van der Waals surface area contributed by atoms with Gasteiger partial charge in [0.25, 0.3) is 0 Å². The third kappa shape index (κ3) is 3.04. The van der Waals surface area contributed by atoms with Crippen molar-refractivity contribution in [3.8, 4) is 5.75 Å².